The number of nitrogens with two attached hydrogens (primary N) is 1. The van der Waals surface area contributed by atoms with Crippen molar-refractivity contribution in [2.75, 3.05) is 0 Å². The van der Waals surface area contributed by atoms with Gasteiger partial charge >= 0.3 is 0 Å². The zero-order valence-electron chi connectivity index (χ0n) is 8.98. The van der Waals surface area contributed by atoms with Crippen molar-refractivity contribution < 1.29 is 0 Å². The van der Waals surface area contributed by atoms with Gasteiger partial charge in [-0.3, -0.25) is 0 Å². The van der Waals surface area contributed by atoms with Crippen molar-refractivity contribution in [1.82, 2.24) is 0 Å². The van der Waals surface area contributed by atoms with Gasteiger partial charge in [0.25, 0.3) is 0 Å². The fourth-order valence-corrected chi connectivity index (χ4v) is 3.58. The summed E-state index contributed by atoms with van der Waals surface area (Å²) < 4.78 is 0. The SMILES string of the molecule is CC1(C)CC(N)(c2c(Cl)cccc2Cl)C1. The Morgan fingerprint density at radius 3 is 2.00 bits per heavy atom. The van der Waals surface area contributed by atoms with Crippen LogP contribution in [-0.2, 0) is 5.54 Å². The summed E-state index contributed by atoms with van der Waals surface area (Å²) in [5.74, 6) is 0. The van der Waals surface area contributed by atoms with E-state index in [0.29, 0.717) is 15.5 Å². The Balaban J connectivity index is 2.39. The Morgan fingerprint density at radius 2 is 1.60 bits per heavy atom. The number of hydrogen-bond acceptors (Lipinski definition) is 1. The molecule has 1 fully saturated rings. The van der Waals surface area contributed by atoms with Crippen LogP contribution in [0, 0.1) is 5.41 Å². The van der Waals surface area contributed by atoms with Crippen molar-refractivity contribution >= 4 is 23.2 Å². The Labute approximate surface area is 101 Å². The summed E-state index contributed by atoms with van der Waals surface area (Å²) in [5.41, 5.74) is 7.21. The predicted octanol–water partition coefficient (Wildman–Crippen LogP) is 3.97. The van der Waals surface area contributed by atoms with Crippen LogP contribution in [0.15, 0.2) is 18.2 Å². The molecule has 1 nitrogen and oxygen atoms in total. The minimum absolute atomic E-state index is 0.303. The van der Waals surface area contributed by atoms with Gasteiger partial charge in [0, 0.05) is 21.1 Å². The molecule has 0 aliphatic heterocycles. The summed E-state index contributed by atoms with van der Waals surface area (Å²) in [7, 11) is 0. The second-order valence-electron chi connectivity index (χ2n) is 5.27. The third-order valence-electron chi connectivity index (χ3n) is 3.05. The molecule has 0 unspecified atom stereocenters. The molecule has 2 rings (SSSR count). The van der Waals surface area contributed by atoms with Crippen LogP contribution in [0.4, 0.5) is 0 Å². The van der Waals surface area contributed by atoms with E-state index in [2.05, 4.69) is 13.8 Å². The maximum absolute atomic E-state index is 6.33. The fraction of sp³-hybridized carbons (Fsp3) is 0.500. The monoisotopic (exact) mass is 243 g/mol. The molecule has 0 amide bonds. The van der Waals surface area contributed by atoms with Crippen LogP contribution >= 0.6 is 23.2 Å². The van der Waals surface area contributed by atoms with Gasteiger partial charge in [-0.05, 0) is 30.4 Å². The number of hydrogen-bond donors (Lipinski definition) is 1. The largest absolute Gasteiger partial charge is 0.321 e. The molecular weight excluding hydrogens is 229 g/mol. The summed E-state index contributed by atoms with van der Waals surface area (Å²) in [6.45, 7) is 4.42. The second-order valence-corrected chi connectivity index (χ2v) is 6.08. The molecule has 0 spiro atoms. The molecule has 1 saturated carbocycles. The van der Waals surface area contributed by atoms with E-state index in [1.165, 1.54) is 0 Å². The van der Waals surface area contributed by atoms with Crippen molar-refractivity contribution in [2.45, 2.75) is 32.2 Å². The van der Waals surface area contributed by atoms with Crippen LogP contribution in [0.1, 0.15) is 32.3 Å². The first kappa shape index (κ1) is 11.3. The van der Waals surface area contributed by atoms with Crippen molar-refractivity contribution in [3.05, 3.63) is 33.8 Å². The molecule has 1 aromatic carbocycles. The summed E-state index contributed by atoms with van der Waals surface area (Å²) in [6.07, 6.45) is 1.87. The minimum atomic E-state index is -0.334. The van der Waals surface area contributed by atoms with E-state index < -0.39 is 0 Å². The van der Waals surface area contributed by atoms with Gasteiger partial charge in [0.2, 0.25) is 0 Å². The predicted molar refractivity (Wildman–Crippen MR) is 65.3 cm³/mol. The van der Waals surface area contributed by atoms with Gasteiger partial charge < -0.3 is 5.73 Å². The van der Waals surface area contributed by atoms with E-state index in [-0.39, 0.29) is 5.54 Å². The maximum atomic E-state index is 6.33. The molecule has 15 heavy (non-hydrogen) atoms. The molecule has 0 aromatic heterocycles. The lowest BCUT2D eigenvalue weighted by Crippen LogP contribution is -2.53. The molecule has 0 radical (unpaired) electrons. The molecule has 1 aliphatic rings. The molecule has 2 N–H and O–H groups in total. The zero-order chi connectivity index (χ0) is 11.3. The smallest absolute Gasteiger partial charge is 0.0471 e. The molecule has 0 saturated heterocycles. The lowest BCUT2D eigenvalue weighted by molar-refractivity contribution is 0.0620. The summed E-state index contributed by atoms with van der Waals surface area (Å²) in [6, 6.07) is 5.55. The van der Waals surface area contributed by atoms with E-state index in [1.807, 2.05) is 18.2 Å². The lowest BCUT2D eigenvalue weighted by Gasteiger charge is -2.51. The third-order valence-corrected chi connectivity index (χ3v) is 3.68. The van der Waals surface area contributed by atoms with Crippen molar-refractivity contribution in [1.29, 1.82) is 0 Å². The second kappa shape index (κ2) is 3.38. The molecule has 1 aliphatic carbocycles. The fourth-order valence-electron chi connectivity index (χ4n) is 2.81. The summed E-state index contributed by atoms with van der Waals surface area (Å²) in [5, 5.41) is 1.36. The molecular formula is C12H15Cl2N. The molecule has 0 bridgehead atoms. The van der Waals surface area contributed by atoms with Crippen molar-refractivity contribution in [3.63, 3.8) is 0 Å². The molecule has 0 atom stereocenters. The van der Waals surface area contributed by atoms with Gasteiger partial charge in [-0.15, -0.1) is 0 Å². The number of halogens is 2. The minimum Gasteiger partial charge on any atom is -0.321 e. The van der Waals surface area contributed by atoms with Crippen LogP contribution in [0.25, 0.3) is 0 Å². The highest BCUT2D eigenvalue weighted by Crippen LogP contribution is 2.54. The van der Waals surface area contributed by atoms with Gasteiger partial charge in [0.1, 0.15) is 0 Å². The van der Waals surface area contributed by atoms with Crippen LogP contribution < -0.4 is 5.73 Å². The van der Waals surface area contributed by atoms with Gasteiger partial charge in [0.05, 0.1) is 0 Å². The molecule has 0 heterocycles. The van der Waals surface area contributed by atoms with Gasteiger partial charge in [-0.25, -0.2) is 0 Å². The van der Waals surface area contributed by atoms with Crippen LogP contribution in [-0.4, -0.2) is 0 Å². The number of rotatable bonds is 1. The Bertz CT molecular complexity index is 370. The first-order chi connectivity index (χ1) is 6.84. The maximum Gasteiger partial charge on any atom is 0.0471 e. The van der Waals surface area contributed by atoms with Crippen LogP contribution in [0.3, 0.4) is 0 Å². The van der Waals surface area contributed by atoms with E-state index in [1.54, 1.807) is 0 Å². The van der Waals surface area contributed by atoms with E-state index in [0.717, 1.165) is 18.4 Å². The van der Waals surface area contributed by atoms with Gasteiger partial charge in [-0.2, -0.15) is 0 Å². The first-order valence-corrected chi connectivity index (χ1v) is 5.83. The lowest BCUT2D eigenvalue weighted by atomic mass is 9.57. The Hall–Kier alpha value is -0.240. The average Bonchev–Trinajstić information content (AvgIpc) is 1.98. The topological polar surface area (TPSA) is 26.0 Å². The Kier molecular flexibility index (Phi) is 2.53. The van der Waals surface area contributed by atoms with E-state index in [9.17, 15) is 0 Å². The Morgan fingerprint density at radius 1 is 1.13 bits per heavy atom. The van der Waals surface area contributed by atoms with Crippen LogP contribution in [0.2, 0.25) is 10.0 Å². The van der Waals surface area contributed by atoms with E-state index >= 15 is 0 Å². The van der Waals surface area contributed by atoms with Crippen molar-refractivity contribution in [2.24, 2.45) is 11.1 Å². The normalized spacial score (nSPS) is 22.2. The zero-order valence-corrected chi connectivity index (χ0v) is 10.5. The standard InChI is InChI=1S/C12H15Cl2N/c1-11(2)6-12(15,7-11)10-8(13)4-3-5-9(10)14/h3-5H,6-7,15H2,1-2H3. The van der Waals surface area contributed by atoms with E-state index in [4.69, 9.17) is 28.9 Å². The molecule has 3 heteroatoms. The summed E-state index contributed by atoms with van der Waals surface area (Å²) in [4.78, 5) is 0. The highest BCUT2D eigenvalue weighted by molar-refractivity contribution is 6.36. The van der Waals surface area contributed by atoms with Crippen molar-refractivity contribution in [3.8, 4) is 0 Å². The highest BCUT2D eigenvalue weighted by atomic mass is 35.5. The summed E-state index contributed by atoms with van der Waals surface area (Å²) >= 11 is 12.3. The number of benzene rings is 1. The molecule has 82 valence electrons. The van der Waals surface area contributed by atoms with Gasteiger partial charge in [0.15, 0.2) is 0 Å². The highest BCUT2D eigenvalue weighted by Gasteiger charge is 2.49. The first-order valence-electron chi connectivity index (χ1n) is 5.07. The quantitative estimate of drug-likeness (QED) is 0.794. The molecule has 1 aromatic rings. The van der Waals surface area contributed by atoms with Crippen LogP contribution in [0.5, 0.6) is 0 Å². The average molecular weight is 244 g/mol. The van der Waals surface area contributed by atoms with Gasteiger partial charge in [-0.1, -0.05) is 43.1 Å². The third kappa shape index (κ3) is 1.89.